The molecule has 2 nitrogen and oxygen atoms in total. The molecule has 2 heterocycles. The van der Waals surface area contributed by atoms with Gasteiger partial charge in [0.05, 0.1) is 0 Å². The lowest BCUT2D eigenvalue weighted by Crippen LogP contribution is -1.81. The molecule has 0 amide bonds. The molecule has 0 spiro atoms. The minimum atomic E-state index is 1.01. The Labute approximate surface area is 80.4 Å². The number of nitrogens with zero attached hydrogens (tertiary/aromatic N) is 2. The minimum Gasteiger partial charge on any atom is -0.317 e. The van der Waals surface area contributed by atoms with E-state index in [2.05, 4.69) is 49.1 Å². The third kappa shape index (κ3) is 1.27. The highest BCUT2D eigenvalue weighted by Gasteiger charge is 1.97. The van der Waals surface area contributed by atoms with E-state index >= 15 is 0 Å². The lowest BCUT2D eigenvalue weighted by atomic mass is 10.3. The predicted octanol–water partition coefficient (Wildman–Crippen LogP) is 2.28. The quantitative estimate of drug-likeness (QED) is 0.533. The molecule has 0 aromatic carbocycles. The zero-order valence-electron chi connectivity index (χ0n) is 5.66. The van der Waals surface area contributed by atoms with Crippen LogP contribution in [0.4, 0.5) is 0 Å². The van der Waals surface area contributed by atoms with Gasteiger partial charge in [-0.15, -0.1) is 0 Å². The fourth-order valence-corrected chi connectivity index (χ4v) is 1.79. The van der Waals surface area contributed by atoms with Crippen LogP contribution in [0.2, 0.25) is 0 Å². The van der Waals surface area contributed by atoms with Crippen LogP contribution >= 0.6 is 32.0 Å². The Morgan fingerprint density at radius 2 is 2.36 bits per heavy atom. The summed E-state index contributed by atoms with van der Waals surface area (Å²) in [6, 6.07) is 4.17. The maximum Gasteiger partial charge on any atom is 0.142 e. The van der Waals surface area contributed by atoms with Gasteiger partial charge in [-0.2, -0.15) is 0 Å². The van der Waals surface area contributed by atoms with Crippen LogP contribution in [0.5, 0.6) is 0 Å². The number of hydrogen-bond donors (Lipinski definition) is 0. The Bertz CT molecular complexity index is 396. The average molecular weight is 276 g/mol. The Balaban J connectivity index is 2.86. The van der Waals surface area contributed by atoms with E-state index in [0.717, 1.165) is 5.65 Å². The molecule has 2 aromatic heterocycles. The minimum absolute atomic E-state index is 1.01. The van der Waals surface area contributed by atoms with E-state index in [1.807, 2.05) is 16.7 Å². The van der Waals surface area contributed by atoms with Crippen LogP contribution in [0, 0.1) is 3.57 Å². The monoisotopic (exact) mass is 276 g/mol. The first-order valence-electron chi connectivity index (χ1n) is 3.15. The summed E-state index contributed by atoms with van der Waals surface area (Å²) in [5, 5.41) is 1.19. The van der Waals surface area contributed by atoms with Crippen LogP contribution in [-0.4, -0.2) is 9.32 Å². The van der Waals surface area contributed by atoms with Gasteiger partial charge in [-0.1, -0.05) is 0 Å². The maximum absolute atomic E-state index is 4.27. The van der Waals surface area contributed by atoms with Crippen LogP contribution in [0.3, 0.4) is 0 Å². The van der Waals surface area contributed by atoms with E-state index in [0.29, 0.717) is 0 Å². The van der Waals surface area contributed by atoms with Crippen molar-refractivity contribution in [2.45, 2.75) is 0 Å². The normalized spacial score (nSPS) is 10.7. The second kappa shape index (κ2) is 2.72. The lowest BCUT2D eigenvalue weighted by Gasteiger charge is -1.93. The van der Waals surface area contributed by atoms with Gasteiger partial charge in [0.1, 0.15) is 5.65 Å². The number of rotatable bonds is 0. The number of pyridine rings is 1. The highest BCUT2D eigenvalue weighted by Crippen LogP contribution is 2.17. The molecule has 2 rings (SSSR count). The van der Waals surface area contributed by atoms with Crippen molar-refractivity contribution in [2.24, 2.45) is 0 Å². The second-order valence-corrected chi connectivity index (χ2v) is 4.09. The molecule has 11 heavy (non-hydrogen) atoms. The van der Waals surface area contributed by atoms with E-state index in [1.54, 1.807) is 0 Å². The molecule has 0 aliphatic heterocycles. The summed E-state index contributed by atoms with van der Waals surface area (Å²) in [4.78, 5) is 4.27. The third-order valence-corrected chi connectivity index (χ3v) is 2.53. The van der Waals surface area contributed by atoms with Gasteiger partial charge in [0.25, 0.3) is 0 Å². The van der Waals surface area contributed by atoms with Gasteiger partial charge < -0.3 is 4.34 Å². The van der Waals surface area contributed by atoms with E-state index in [1.165, 1.54) is 8.96 Å². The van der Waals surface area contributed by atoms with Gasteiger partial charge in [-0.25, -0.2) is 4.98 Å². The van der Waals surface area contributed by atoms with E-state index in [-0.39, 0.29) is 0 Å². The predicted molar refractivity (Wildman–Crippen MR) is 57.6 cm³/mol. The largest absolute Gasteiger partial charge is 0.317 e. The summed E-state index contributed by atoms with van der Waals surface area (Å²) < 4.78 is 3.11. The van der Waals surface area contributed by atoms with Crippen molar-refractivity contribution in [1.82, 2.24) is 9.32 Å². The van der Waals surface area contributed by atoms with Crippen molar-refractivity contribution in [2.75, 3.05) is 0 Å². The van der Waals surface area contributed by atoms with E-state index < -0.39 is 0 Å². The van der Waals surface area contributed by atoms with Crippen molar-refractivity contribution in [3.8, 4) is 0 Å². The van der Waals surface area contributed by atoms with Gasteiger partial charge >= 0.3 is 0 Å². The first kappa shape index (κ1) is 7.50. The number of fused-ring (bicyclic) bond motifs is 1. The van der Waals surface area contributed by atoms with Gasteiger partial charge in [0.15, 0.2) is 0 Å². The van der Waals surface area contributed by atoms with Crippen molar-refractivity contribution >= 4 is 43.0 Å². The molecule has 56 valence electrons. The number of hydrogen-bond acceptors (Lipinski definition) is 1. The SMILES string of the molecule is Pn1ccc2cc(I)cnc21. The van der Waals surface area contributed by atoms with Crippen molar-refractivity contribution < 1.29 is 0 Å². The molecule has 1 unspecified atom stereocenters. The molecular weight excluding hydrogens is 270 g/mol. The molecular formula is C7H6IN2P. The number of aromatic nitrogens is 2. The van der Waals surface area contributed by atoms with Crippen molar-refractivity contribution in [1.29, 1.82) is 0 Å². The van der Waals surface area contributed by atoms with Crippen molar-refractivity contribution in [3.63, 3.8) is 0 Å². The van der Waals surface area contributed by atoms with Crippen LogP contribution in [0.25, 0.3) is 11.0 Å². The van der Waals surface area contributed by atoms with E-state index in [4.69, 9.17) is 0 Å². The summed E-state index contributed by atoms with van der Waals surface area (Å²) >= 11 is 2.26. The molecule has 0 aliphatic rings. The summed E-state index contributed by atoms with van der Waals surface area (Å²) in [7, 11) is 2.60. The molecule has 4 heteroatoms. The smallest absolute Gasteiger partial charge is 0.142 e. The summed E-state index contributed by atoms with van der Waals surface area (Å²) in [6.07, 6.45) is 3.85. The fraction of sp³-hybridized carbons (Fsp3) is 0. The number of halogens is 1. The topological polar surface area (TPSA) is 17.8 Å². The third-order valence-electron chi connectivity index (χ3n) is 1.52. The van der Waals surface area contributed by atoms with Crippen LogP contribution in [0.1, 0.15) is 0 Å². The Morgan fingerprint density at radius 1 is 1.55 bits per heavy atom. The molecule has 2 aromatic rings. The van der Waals surface area contributed by atoms with Gasteiger partial charge in [0, 0.05) is 21.4 Å². The van der Waals surface area contributed by atoms with Crippen LogP contribution < -0.4 is 0 Å². The summed E-state index contributed by atoms with van der Waals surface area (Å²) in [5.41, 5.74) is 1.01. The highest BCUT2D eigenvalue weighted by molar-refractivity contribution is 14.1. The Morgan fingerprint density at radius 3 is 3.18 bits per heavy atom. The second-order valence-electron chi connectivity index (χ2n) is 2.29. The van der Waals surface area contributed by atoms with Gasteiger partial charge in [-0.05, 0) is 44.1 Å². The zero-order chi connectivity index (χ0) is 7.84. The maximum atomic E-state index is 4.27. The first-order valence-corrected chi connectivity index (χ1v) is 4.74. The van der Waals surface area contributed by atoms with Crippen LogP contribution in [-0.2, 0) is 0 Å². The molecule has 0 bridgehead atoms. The fourth-order valence-electron chi connectivity index (χ4n) is 1.02. The lowest BCUT2D eigenvalue weighted by molar-refractivity contribution is 1.25. The summed E-state index contributed by atoms with van der Waals surface area (Å²) in [5.74, 6) is 0. The first-order chi connectivity index (χ1) is 5.27. The molecule has 0 aliphatic carbocycles. The molecule has 0 saturated carbocycles. The van der Waals surface area contributed by atoms with E-state index in [9.17, 15) is 0 Å². The van der Waals surface area contributed by atoms with Gasteiger partial charge in [-0.3, -0.25) is 0 Å². The molecule has 0 fully saturated rings. The molecule has 0 radical (unpaired) electrons. The molecule has 1 atom stereocenters. The standard InChI is InChI=1S/C7H6IN2P/c8-6-3-5-1-2-10(11)7(5)9-4-6/h1-4H,11H2. The van der Waals surface area contributed by atoms with Crippen LogP contribution in [0.15, 0.2) is 24.5 Å². The Hall–Kier alpha value is -0.150. The summed E-state index contributed by atoms with van der Waals surface area (Å²) in [6.45, 7) is 0. The Kier molecular flexibility index (Phi) is 1.85. The van der Waals surface area contributed by atoms with Gasteiger partial charge in [0.2, 0.25) is 0 Å². The zero-order valence-corrected chi connectivity index (χ0v) is 8.97. The van der Waals surface area contributed by atoms with Crippen molar-refractivity contribution in [3.05, 3.63) is 28.1 Å². The average Bonchev–Trinajstić information content (AvgIpc) is 2.32. The molecule has 0 saturated heterocycles. The highest BCUT2D eigenvalue weighted by atomic mass is 127. The molecule has 0 N–H and O–H groups in total.